The molecule has 0 aromatic carbocycles. The zero-order valence-electron chi connectivity index (χ0n) is 8.81. The summed E-state index contributed by atoms with van der Waals surface area (Å²) in [5.41, 5.74) is -1.77. The number of carbonyl (C=O) groups excluding carboxylic acids is 1. The third-order valence-electron chi connectivity index (χ3n) is 2.43. The number of nitrogens with one attached hydrogen (secondary N) is 1. The first-order valence-corrected chi connectivity index (χ1v) is 5.05. The molecule has 1 aliphatic rings. The van der Waals surface area contributed by atoms with Gasteiger partial charge in [0.05, 0.1) is 0 Å². The van der Waals surface area contributed by atoms with Gasteiger partial charge in [-0.2, -0.15) is 0 Å². The second-order valence-electron chi connectivity index (χ2n) is 4.24. The minimum Gasteiger partial charge on any atom is -0.381 e. The SMILES string of the molecule is CC(C)(F)C(=O)NCC1CCOCC1. The van der Waals surface area contributed by atoms with Crippen molar-refractivity contribution in [3.8, 4) is 0 Å². The van der Waals surface area contributed by atoms with E-state index >= 15 is 0 Å². The van der Waals surface area contributed by atoms with Crippen molar-refractivity contribution in [1.82, 2.24) is 5.32 Å². The van der Waals surface area contributed by atoms with Gasteiger partial charge in [0.2, 0.25) is 0 Å². The minimum atomic E-state index is -1.77. The summed E-state index contributed by atoms with van der Waals surface area (Å²) in [6.07, 6.45) is 1.90. The lowest BCUT2D eigenvalue weighted by atomic mass is 10.00. The van der Waals surface area contributed by atoms with Gasteiger partial charge in [-0.1, -0.05) is 0 Å². The van der Waals surface area contributed by atoms with Crippen LogP contribution >= 0.6 is 0 Å². The van der Waals surface area contributed by atoms with Crippen LogP contribution in [0, 0.1) is 5.92 Å². The van der Waals surface area contributed by atoms with Crippen molar-refractivity contribution in [1.29, 1.82) is 0 Å². The van der Waals surface area contributed by atoms with Crippen LogP contribution in [-0.4, -0.2) is 31.3 Å². The standard InChI is InChI=1S/C10H18FNO2/c1-10(2,11)9(13)12-7-8-3-5-14-6-4-8/h8H,3-7H2,1-2H3,(H,12,13). The summed E-state index contributed by atoms with van der Waals surface area (Å²) in [6, 6.07) is 0. The summed E-state index contributed by atoms with van der Waals surface area (Å²) in [5.74, 6) is -0.0842. The third-order valence-corrected chi connectivity index (χ3v) is 2.43. The fourth-order valence-corrected chi connectivity index (χ4v) is 1.40. The molecule has 3 nitrogen and oxygen atoms in total. The number of alkyl halides is 1. The number of ether oxygens (including phenoxy) is 1. The van der Waals surface area contributed by atoms with Crippen LogP contribution in [0.2, 0.25) is 0 Å². The largest absolute Gasteiger partial charge is 0.381 e. The molecule has 1 amide bonds. The minimum absolute atomic E-state index is 0.440. The molecule has 0 saturated carbocycles. The quantitative estimate of drug-likeness (QED) is 0.750. The van der Waals surface area contributed by atoms with E-state index in [1.807, 2.05) is 0 Å². The predicted octanol–water partition coefficient (Wildman–Crippen LogP) is 1.28. The fraction of sp³-hybridized carbons (Fsp3) is 0.900. The molecule has 0 atom stereocenters. The Morgan fingerprint density at radius 3 is 2.57 bits per heavy atom. The maximum Gasteiger partial charge on any atom is 0.257 e. The Hall–Kier alpha value is -0.640. The van der Waals surface area contributed by atoms with Crippen LogP contribution in [0.25, 0.3) is 0 Å². The molecule has 1 fully saturated rings. The van der Waals surface area contributed by atoms with Gasteiger partial charge in [0.25, 0.3) is 5.91 Å². The lowest BCUT2D eigenvalue weighted by molar-refractivity contribution is -0.131. The van der Waals surface area contributed by atoms with Crippen LogP contribution in [0.15, 0.2) is 0 Å². The molecular formula is C10H18FNO2. The molecule has 0 radical (unpaired) electrons. The maximum absolute atomic E-state index is 13.1. The summed E-state index contributed by atoms with van der Waals surface area (Å²) >= 11 is 0. The highest BCUT2D eigenvalue weighted by atomic mass is 19.1. The van der Waals surface area contributed by atoms with Crippen molar-refractivity contribution < 1.29 is 13.9 Å². The summed E-state index contributed by atoms with van der Waals surface area (Å²) < 4.78 is 18.3. The highest BCUT2D eigenvalue weighted by molar-refractivity contribution is 5.83. The Balaban J connectivity index is 2.22. The smallest absolute Gasteiger partial charge is 0.257 e. The first-order valence-electron chi connectivity index (χ1n) is 5.05. The molecule has 1 aliphatic heterocycles. The number of halogens is 1. The van der Waals surface area contributed by atoms with E-state index in [0.717, 1.165) is 26.1 Å². The van der Waals surface area contributed by atoms with E-state index in [4.69, 9.17) is 4.74 Å². The Kier molecular flexibility index (Phi) is 3.86. The normalized spacial score (nSPS) is 19.4. The van der Waals surface area contributed by atoms with Gasteiger partial charge in [0.15, 0.2) is 5.67 Å². The van der Waals surface area contributed by atoms with Crippen LogP contribution in [0.1, 0.15) is 26.7 Å². The molecule has 1 heterocycles. The van der Waals surface area contributed by atoms with Crippen molar-refractivity contribution in [3.05, 3.63) is 0 Å². The fourth-order valence-electron chi connectivity index (χ4n) is 1.40. The van der Waals surface area contributed by atoms with E-state index in [2.05, 4.69) is 5.32 Å². The van der Waals surface area contributed by atoms with E-state index in [1.165, 1.54) is 13.8 Å². The summed E-state index contributed by atoms with van der Waals surface area (Å²) in [6.45, 7) is 4.60. The van der Waals surface area contributed by atoms with Crippen LogP contribution in [-0.2, 0) is 9.53 Å². The highest BCUT2D eigenvalue weighted by Crippen LogP contribution is 2.14. The monoisotopic (exact) mass is 203 g/mol. The molecular weight excluding hydrogens is 185 g/mol. The van der Waals surface area contributed by atoms with Gasteiger partial charge in [0.1, 0.15) is 0 Å². The molecule has 4 heteroatoms. The van der Waals surface area contributed by atoms with Crippen LogP contribution < -0.4 is 5.32 Å². The second-order valence-corrected chi connectivity index (χ2v) is 4.24. The Morgan fingerprint density at radius 2 is 2.07 bits per heavy atom. The van der Waals surface area contributed by atoms with E-state index in [1.54, 1.807) is 0 Å². The molecule has 1 saturated heterocycles. The van der Waals surface area contributed by atoms with Crippen molar-refractivity contribution in [3.63, 3.8) is 0 Å². The zero-order valence-corrected chi connectivity index (χ0v) is 8.81. The van der Waals surface area contributed by atoms with Crippen LogP contribution in [0.4, 0.5) is 4.39 Å². The molecule has 0 aliphatic carbocycles. The first-order chi connectivity index (χ1) is 6.50. The zero-order chi connectivity index (χ0) is 10.6. The first kappa shape index (κ1) is 11.4. The molecule has 0 bridgehead atoms. The van der Waals surface area contributed by atoms with Gasteiger partial charge in [-0.3, -0.25) is 4.79 Å². The van der Waals surface area contributed by atoms with Gasteiger partial charge in [-0.05, 0) is 32.6 Å². The lowest BCUT2D eigenvalue weighted by Crippen LogP contribution is -2.41. The molecule has 0 aromatic rings. The summed E-state index contributed by atoms with van der Waals surface area (Å²) in [4.78, 5) is 11.2. The van der Waals surface area contributed by atoms with Crippen molar-refractivity contribution in [2.45, 2.75) is 32.4 Å². The van der Waals surface area contributed by atoms with E-state index < -0.39 is 11.6 Å². The average Bonchev–Trinajstić information content (AvgIpc) is 2.14. The van der Waals surface area contributed by atoms with Gasteiger partial charge < -0.3 is 10.1 Å². The van der Waals surface area contributed by atoms with Gasteiger partial charge >= 0.3 is 0 Å². The third kappa shape index (κ3) is 3.62. The summed E-state index contributed by atoms with van der Waals surface area (Å²) in [7, 11) is 0. The van der Waals surface area contributed by atoms with Crippen LogP contribution in [0.3, 0.4) is 0 Å². The lowest BCUT2D eigenvalue weighted by Gasteiger charge is -2.23. The average molecular weight is 203 g/mol. The van der Waals surface area contributed by atoms with Crippen molar-refractivity contribution >= 4 is 5.91 Å². The highest BCUT2D eigenvalue weighted by Gasteiger charge is 2.27. The predicted molar refractivity (Wildman–Crippen MR) is 51.7 cm³/mol. The molecule has 82 valence electrons. The number of carbonyl (C=O) groups is 1. The van der Waals surface area contributed by atoms with Crippen LogP contribution in [0.5, 0.6) is 0 Å². The Bertz CT molecular complexity index is 195. The summed E-state index contributed by atoms with van der Waals surface area (Å²) in [5, 5.41) is 2.62. The van der Waals surface area contributed by atoms with E-state index in [9.17, 15) is 9.18 Å². The number of hydrogen-bond donors (Lipinski definition) is 1. The van der Waals surface area contributed by atoms with Crippen molar-refractivity contribution in [2.24, 2.45) is 5.92 Å². The number of amides is 1. The van der Waals surface area contributed by atoms with E-state index in [0.29, 0.717) is 12.5 Å². The topological polar surface area (TPSA) is 38.3 Å². The molecule has 14 heavy (non-hydrogen) atoms. The van der Waals surface area contributed by atoms with Crippen molar-refractivity contribution in [2.75, 3.05) is 19.8 Å². The Labute approximate surface area is 84.0 Å². The Morgan fingerprint density at radius 1 is 1.50 bits per heavy atom. The maximum atomic E-state index is 13.1. The number of rotatable bonds is 3. The van der Waals surface area contributed by atoms with Gasteiger partial charge in [-0.15, -0.1) is 0 Å². The molecule has 0 spiro atoms. The van der Waals surface area contributed by atoms with E-state index in [-0.39, 0.29) is 0 Å². The number of hydrogen-bond acceptors (Lipinski definition) is 2. The molecule has 0 unspecified atom stereocenters. The second kappa shape index (κ2) is 4.73. The van der Waals surface area contributed by atoms with Gasteiger partial charge in [0, 0.05) is 19.8 Å². The molecule has 1 N–H and O–H groups in total. The van der Waals surface area contributed by atoms with Gasteiger partial charge in [-0.25, -0.2) is 4.39 Å². The molecule has 0 aromatic heterocycles. The molecule has 1 rings (SSSR count).